The van der Waals surface area contributed by atoms with E-state index in [0.29, 0.717) is 38.3 Å². The highest BCUT2D eigenvalue weighted by Crippen LogP contribution is 2.27. The Morgan fingerprint density at radius 1 is 1.41 bits per heavy atom. The summed E-state index contributed by atoms with van der Waals surface area (Å²) in [6.07, 6.45) is 1.34. The van der Waals surface area contributed by atoms with E-state index < -0.39 is 10.0 Å². The molecule has 1 aliphatic rings. The lowest BCUT2D eigenvalue weighted by molar-refractivity contribution is -0.127. The number of nitrogens with one attached hydrogen (secondary N) is 1. The van der Waals surface area contributed by atoms with Gasteiger partial charge in [-0.1, -0.05) is 0 Å². The van der Waals surface area contributed by atoms with Gasteiger partial charge in [0.05, 0.1) is 24.0 Å². The summed E-state index contributed by atoms with van der Waals surface area (Å²) < 4.78 is 38.0. The van der Waals surface area contributed by atoms with Crippen LogP contribution in [0.5, 0.6) is 5.75 Å². The zero-order valence-corrected chi connectivity index (χ0v) is 17.3. The molecule has 1 amide bonds. The lowest BCUT2D eigenvalue weighted by atomic mass is 9.98. The van der Waals surface area contributed by atoms with E-state index in [-0.39, 0.29) is 29.3 Å². The van der Waals surface area contributed by atoms with Gasteiger partial charge in [0.25, 0.3) is 0 Å². The van der Waals surface area contributed by atoms with Crippen LogP contribution in [0, 0.1) is 12.8 Å². The largest absolute Gasteiger partial charge is 0.494 e. The number of benzene rings is 1. The molecule has 7 nitrogen and oxygen atoms in total. The number of hydrogen-bond donors (Lipinski definition) is 1. The summed E-state index contributed by atoms with van der Waals surface area (Å²) in [6.45, 7) is 7.14. The minimum absolute atomic E-state index is 0.108. The maximum absolute atomic E-state index is 13.0. The highest BCUT2D eigenvalue weighted by molar-refractivity contribution is 7.89. The van der Waals surface area contributed by atoms with E-state index in [0.717, 1.165) is 5.56 Å². The highest BCUT2D eigenvalue weighted by Gasteiger charge is 2.33. The number of amides is 1. The predicted octanol–water partition coefficient (Wildman–Crippen LogP) is 1.95. The summed E-state index contributed by atoms with van der Waals surface area (Å²) in [5, 5.41) is 2.89. The van der Waals surface area contributed by atoms with Crippen LogP contribution in [-0.2, 0) is 19.6 Å². The van der Waals surface area contributed by atoms with Gasteiger partial charge >= 0.3 is 0 Å². The molecular weight excluding hydrogens is 368 g/mol. The molecule has 0 bridgehead atoms. The fraction of sp³-hybridized carbons (Fsp3) is 0.632. The molecule has 1 saturated heterocycles. The Balaban J connectivity index is 2.12. The number of hydrogen-bond acceptors (Lipinski definition) is 5. The first-order valence-corrected chi connectivity index (χ1v) is 10.8. The number of piperidine rings is 1. The van der Waals surface area contributed by atoms with Crippen molar-refractivity contribution < 1.29 is 22.7 Å². The molecule has 1 fully saturated rings. The van der Waals surface area contributed by atoms with E-state index in [9.17, 15) is 13.2 Å². The van der Waals surface area contributed by atoms with E-state index in [2.05, 4.69) is 5.32 Å². The van der Waals surface area contributed by atoms with E-state index in [1.54, 1.807) is 25.3 Å². The second kappa shape index (κ2) is 9.52. The predicted molar refractivity (Wildman–Crippen MR) is 103 cm³/mol. The van der Waals surface area contributed by atoms with Gasteiger partial charge in [0.1, 0.15) is 5.75 Å². The number of sulfonamides is 1. The minimum Gasteiger partial charge on any atom is -0.494 e. The summed E-state index contributed by atoms with van der Waals surface area (Å²) in [7, 11) is -2.07. The van der Waals surface area contributed by atoms with Gasteiger partial charge in [-0.2, -0.15) is 4.31 Å². The maximum atomic E-state index is 13.0. The number of rotatable bonds is 8. The normalized spacial score (nSPS) is 19.5. The number of methoxy groups -OCH3 is 1. The number of carbonyl (C=O) groups is 1. The molecule has 1 N–H and O–H groups in total. The first-order chi connectivity index (χ1) is 12.8. The monoisotopic (exact) mass is 398 g/mol. The average molecular weight is 399 g/mol. The van der Waals surface area contributed by atoms with Crippen LogP contribution < -0.4 is 10.1 Å². The van der Waals surface area contributed by atoms with Gasteiger partial charge in [-0.15, -0.1) is 0 Å². The molecule has 0 radical (unpaired) electrons. The summed E-state index contributed by atoms with van der Waals surface area (Å²) in [4.78, 5) is 12.7. The molecule has 1 heterocycles. The van der Waals surface area contributed by atoms with Gasteiger partial charge < -0.3 is 14.8 Å². The molecular formula is C19H30N2O5S. The quantitative estimate of drug-likeness (QED) is 0.723. The lowest BCUT2D eigenvalue weighted by Crippen LogP contribution is -2.47. The van der Waals surface area contributed by atoms with Gasteiger partial charge in [-0.3, -0.25) is 4.79 Å². The topological polar surface area (TPSA) is 84.9 Å². The molecule has 2 atom stereocenters. The Kier molecular flexibility index (Phi) is 7.64. The van der Waals surface area contributed by atoms with Gasteiger partial charge in [-0.25, -0.2) is 8.42 Å². The van der Waals surface area contributed by atoms with Crippen molar-refractivity contribution in [2.45, 2.75) is 44.6 Å². The zero-order chi connectivity index (χ0) is 20.0. The Bertz CT molecular complexity index is 750. The molecule has 1 aliphatic heterocycles. The second-order valence-electron chi connectivity index (χ2n) is 6.93. The number of nitrogens with zero attached hydrogens (tertiary/aromatic N) is 1. The van der Waals surface area contributed by atoms with Crippen molar-refractivity contribution in [1.82, 2.24) is 9.62 Å². The summed E-state index contributed by atoms with van der Waals surface area (Å²) in [6, 6.07) is 4.78. The molecule has 0 saturated carbocycles. The molecule has 0 aliphatic carbocycles. The maximum Gasteiger partial charge on any atom is 0.243 e. The van der Waals surface area contributed by atoms with Crippen LogP contribution in [0.1, 0.15) is 32.3 Å². The van der Waals surface area contributed by atoms with Crippen LogP contribution in [0.3, 0.4) is 0 Å². The fourth-order valence-electron chi connectivity index (χ4n) is 3.28. The van der Waals surface area contributed by atoms with Crippen molar-refractivity contribution in [3.63, 3.8) is 0 Å². The van der Waals surface area contributed by atoms with Crippen molar-refractivity contribution in [3.05, 3.63) is 23.8 Å². The fourth-order valence-corrected chi connectivity index (χ4v) is 4.89. The standard InChI is InChI=1S/C19H30N2O5S/c1-5-26-18-9-8-17(11-14(18)2)27(23,24)21-10-6-7-16(12-21)19(22)20-15(3)13-25-4/h8-9,11,15-16H,5-7,10,12-13H2,1-4H3,(H,20,22)/t15-,16-/m0/s1. The lowest BCUT2D eigenvalue weighted by Gasteiger charge is -2.32. The van der Waals surface area contributed by atoms with Crippen LogP contribution >= 0.6 is 0 Å². The number of carbonyl (C=O) groups excluding carboxylic acids is 1. The molecule has 1 aromatic rings. The Hall–Kier alpha value is -1.64. The first-order valence-electron chi connectivity index (χ1n) is 9.32. The van der Waals surface area contributed by atoms with Crippen molar-refractivity contribution in [3.8, 4) is 5.75 Å². The molecule has 0 spiro atoms. The highest BCUT2D eigenvalue weighted by atomic mass is 32.2. The molecule has 27 heavy (non-hydrogen) atoms. The van der Waals surface area contributed by atoms with E-state index in [4.69, 9.17) is 9.47 Å². The van der Waals surface area contributed by atoms with Gasteiger partial charge in [0, 0.05) is 26.2 Å². The molecule has 0 unspecified atom stereocenters. The van der Waals surface area contributed by atoms with Gasteiger partial charge in [0.15, 0.2) is 0 Å². The van der Waals surface area contributed by atoms with Crippen molar-refractivity contribution in [2.24, 2.45) is 5.92 Å². The van der Waals surface area contributed by atoms with Crippen LogP contribution in [-0.4, -0.2) is 58.1 Å². The van der Waals surface area contributed by atoms with E-state index in [1.807, 2.05) is 20.8 Å². The summed E-state index contributed by atoms with van der Waals surface area (Å²) >= 11 is 0. The summed E-state index contributed by atoms with van der Waals surface area (Å²) in [5.74, 6) is 0.207. The Morgan fingerprint density at radius 3 is 2.78 bits per heavy atom. The second-order valence-corrected chi connectivity index (χ2v) is 8.87. The SMILES string of the molecule is CCOc1ccc(S(=O)(=O)N2CCC[C@H](C(=O)N[C@@H](C)COC)C2)cc1C. The molecule has 8 heteroatoms. The van der Waals surface area contributed by atoms with Crippen LogP contribution in [0.4, 0.5) is 0 Å². The molecule has 0 aromatic heterocycles. The van der Waals surface area contributed by atoms with Crippen LogP contribution in [0.2, 0.25) is 0 Å². The Labute approximate surface area is 162 Å². The zero-order valence-electron chi connectivity index (χ0n) is 16.5. The van der Waals surface area contributed by atoms with Gasteiger partial charge in [0.2, 0.25) is 15.9 Å². The number of ether oxygens (including phenoxy) is 2. The van der Waals surface area contributed by atoms with E-state index >= 15 is 0 Å². The molecule has 2 rings (SSSR count). The smallest absolute Gasteiger partial charge is 0.243 e. The number of aryl methyl sites for hydroxylation is 1. The third-order valence-corrected chi connectivity index (χ3v) is 6.51. The molecule has 152 valence electrons. The van der Waals surface area contributed by atoms with Gasteiger partial charge in [-0.05, 0) is 57.4 Å². The van der Waals surface area contributed by atoms with Crippen molar-refractivity contribution in [2.75, 3.05) is 33.4 Å². The van der Waals surface area contributed by atoms with Crippen molar-refractivity contribution in [1.29, 1.82) is 0 Å². The molecule has 1 aromatic carbocycles. The average Bonchev–Trinajstić information content (AvgIpc) is 2.63. The minimum atomic E-state index is -3.65. The van der Waals surface area contributed by atoms with Crippen LogP contribution in [0.15, 0.2) is 23.1 Å². The summed E-state index contributed by atoms with van der Waals surface area (Å²) in [5.41, 5.74) is 0.776. The van der Waals surface area contributed by atoms with E-state index in [1.165, 1.54) is 4.31 Å². The third-order valence-electron chi connectivity index (χ3n) is 4.64. The Morgan fingerprint density at radius 2 is 2.15 bits per heavy atom. The third kappa shape index (κ3) is 5.43. The van der Waals surface area contributed by atoms with Crippen molar-refractivity contribution >= 4 is 15.9 Å². The first kappa shape index (κ1) is 21.7. The van der Waals surface area contributed by atoms with Crippen LogP contribution in [0.25, 0.3) is 0 Å².